The number of hydrogen-bond donors (Lipinski definition) is 2. The smallest absolute Gasteiger partial charge is 0.286 e. The van der Waals surface area contributed by atoms with Gasteiger partial charge in [0.15, 0.2) is 0 Å². The van der Waals surface area contributed by atoms with Crippen molar-refractivity contribution < 1.29 is 9.59 Å². The number of amides is 2. The first-order chi connectivity index (χ1) is 13.5. The Kier molecular flexibility index (Phi) is 6.49. The zero-order valence-corrected chi connectivity index (χ0v) is 16.6. The molecule has 0 fully saturated rings. The van der Waals surface area contributed by atoms with Crippen LogP contribution in [-0.2, 0) is 11.2 Å². The maximum absolute atomic E-state index is 12.3. The van der Waals surface area contributed by atoms with Crippen molar-refractivity contribution in [2.45, 2.75) is 32.7 Å². The molecule has 0 spiro atoms. The van der Waals surface area contributed by atoms with E-state index in [-0.39, 0.29) is 22.9 Å². The number of nitrogens with one attached hydrogen (secondary N) is 2. The Morgan fingerprint density at radius 1 is 1.07 bits per heavy atom. The molecule has 0 saturated heterocycles. The van der Waals surface area contributed by atoms with E-state index in [0.717, 1.165) is 16.8 Å². The lowest BCUT2D eigenvalue weighted by Crippen LogP contribution is -2.26. The zero-order valence-electron chi connectivity index (χ0n) is 15.8. The van der Waals surface area contributed by atoms with E-state index in [4.69, 9.17) is 0 Å². The van der Waals surface area contributed by atoms with Crippen LogP contribution >= 0.6 is 11.3 Å². The third-order valence-electron chi connectivity index (χ3n) is 4.18. The molecular weight excluding hydrogens is 372 g/mol. The molecule has 28 heavy (non-hydrogen) atoms. The highest BCUT2D eigenvalue weighted by Gasteiger charge is 2.15. The van der Waals surface area contributed by atoms with Crippen LogP contribution in [0.15, 0.2) is 54.6 Å². The van der Waals surface area contributed by atoms with Gasteiger partial charge in [-0.05, 0) is 37.1 Å². The topological polar surface area (TPSA) is 84.0 Å². The highest BCUT2D eigenvalue weighted by atomic mass is 32.1. The number of benzene rings is 2. The largest absolute Gasteiger partial charge is 0.350 e. The van der Waals surface area contributed by atoms with Crippen molar-refractivity contribution in [3.63, 3.8) is 0 Å². The fourth-order valence-electron chi connectivity index (χ4n) is 2.71. The number of anilines is 1. The summed E-state index contributed by atoms with van der Waals surface area (Å²) >= 11 is 1.21. The summed E-state index contributed by atoms with van der Waals surface area (Å²) in [4.78, 5) is 24.5. The molecule has 144 valence electrons. The summed E-state index contributed by atoms with van der Waals surface area (Å²) in [7, 11) is 0. The molecule has 2 amide bonds. The van der Waals surface area contributed by atoms with Crippen LogP contribution < -0.4 is 10.6 Å². The van der Waals surface area contributed by atoms with Crippen LogP contribution in [-0.4, -0.2) is 22.0 Å². The van der Waals surface area contributed by atoms with E-state index in [2.05, 4.69) is 20.8 Å². The van der Waals surface area contributed by atoms with Crippen LogP contribution in [0.4, 0.5) is 5.69 Å². The van der Waals surface area contributed by atoms with Gasteiger partial charge in [0.1, 0.15) is 5.01 Å². The molecule has 3 aromatic rings. The quantitative estimate of drug-likeness (QED) is 0.636. The molecule has 0 aliphatic heterocycles. The van der Waals surface area contributed by atoms with Crippen molar-refractivity contribution in [1.82, 2.24) is 15.5 Å². The number of aromatic nitrogens is 2. The SMILES string of the molecule is Cc1cccc(NC(=O)c2nnc(CCC(=O)N[C@@H](C)c3ccccc3)s2)c1. The summed E-state index contributed by atoms with van der Waals surface area (Å²) in [6.07, 6.45) is 0.744. The molecule has 6 nitrogen and oxygen atoms in total. The normalized spacial score (nSPS) is 11.6. The highest BCUT2D eigenvalue weighted by molar-refractivity contribution is 7.13. The van der Waals surface area contributed by atoms with Gasteiger partial charge in [-0.2, -0.15) is 0 Å². The number of hydrogen-bond acceptors (Lipinski definition) is 5. The highest BCUT2D eigenvalue weighted by Crippen LogP contribution is 2.16. The lowest BCUT2D eigenvalue weighted by atomic mass is 10.1. The van der Waals surface area contributed by atoms with E-state index < -0.39 is 0 Å². The molecule has 0 radical (unpaired) electrons. The fourth-order valence-corrected chi connectivity index (χ4v) is 3.45. The second-order valence-electron chi connectivity index (χ2n) is 6.52. The lowest BCUT2D eigenvalue weighted by molar-refractivity contribution is -0.121. The third kappa shape index (κ3) is 5.47. The van der Waals surface area contributed by atoms with Crippen LogP contribution in [0.5, 0.6) is 0 Å². The summed E-state index contributed by atoms with van der Waals surface area (Å²) in [5.41, 5.74) is 2.84. The van der Waals surface area contributed by atoms with Crippen molar-refractivity contribution in [2.24, 2.45) is 0 Å². The second-order valence-corrected chi connectivity index (χ2v) is 7.59. The van der Waals surface area contributed by atoms with Gasteiger partial charge in [-0.15, -0.1) is 10.2 Å². The molecule has 0 unspecified atom stereocenters. The Labute approximate surface area is 168 Å². The molecule has 0 aliphatic rings. The molecule has 1 atom stereocenters. The summed E-state index contributed by atoms with van der Waals surface area (Å²) in [5, 5.41) is 14.7. The molecule has 0 bridgehead atoms. The predicted molar refractivity (Wildman–Crippen MR) is 110 cm³/mol. The maximum Gasteiger partial charge on any atom is 0.286 e. The van der Waals surface area contributed by atoms with E-state index in [0.29, 0.717) is 17.8 Å². The van der Waals surface area contributed by atoms with Gasteiger partial charge in [0, 0.05) is 18.5 Å². The number of nitrogens with zero attached hydrogens (tertiary/aromatic N) is 2. The van der Waals surface area contributed by atoms with Crippen molar-refractivity contribution >= 4 is 28.8 Å². The van der Waals surface area contributed by atoms with Crippen molar-refractivity contribution in [3.05, 3.63) is 75.7 Å². The fraction of sp³-hybridized carbons (Fsp3) is 0.238. The first kappa shape index (κ1) is 19.7. The molecule has 0 aliphatic carbocycles. The second kappa shape index (κ2) is 9.23. The molecule has 1 heterocycles. The minimum absolute atomic E-state index is 0.0567. The zero-order chi connectivity index (χ0) is 19.9. The molecule has 2 aromatic carbocycles. The monoisotopic (exact) mass is 394 g/mol. The van der Waals surface area contributed by atoms with Gasteiger partial charge >= 0.3 is 0 Å². The lowest BCUT2D eigenvalue weighted by Gasteiger charge is -2.13. The minimum Gasteiger partial charge on any atom is -0.350 e. The molecule has 2 N–H and O–H groups in total. The Morgan fingerprint density at radius 2 is 1.86 bits per heavy atom. The first-order valence-electron chi connectivity index (χ1n) is 9.06. The molecule has 3 rings (SSSR count). The van der Waals surface area contributed by atoms with Gasteiger partial charge in [0.2, 0.25) is 10.9 Å². The predicted octanol–water partition coefficient (Wildman–Crippen LogP) is 3.91. The Balaban J connectivity index is 1.50. The van der Waals surface area contributed by atoms with Gasteiger partial charge in [0.25, 0.3) is 5.91 Å². The van der Waals surface area contributed by atoms with Gasteiger partial charge in [0.05, 0.1) is 6.04 Å². The van der Waals surface area contributed by atoms with Gasteiger partial charge in [-0.3, -0.25) is 9.59 Å². The first-order valence-corrected chi connectivity index (χ1v) is 9.87. The maximum atomic E-state index is 12.3. The van der Waals surface area contributed by atoms with Gasteiger partial charge in [-0.1, -0.05) is 53.8 Å². The van der Waals surface area contributed by atoms with Crippen LogP contribution in [0.25, 0.3) is 0 Å². The summed E-state index contributed by atoms with van der Waals surface area (Å²) in [6, 6.07) is 17.3. The Hall–Kier alpha value is -3.06. The Morgan fingerprint density at radius 3 is 2.61 bits per heavy atom. The summed E-state index contributed by atoms with van der Waals surface area (Å²) < 4.78 is 0. The number of carbonyl (C=O) groups is 2. The minimum atomic E-state index is -0.295. The Bertz CT molecular complexity index is 956. The number of rotatable bonds is 7. The van der Waals surface area contributed by atoms with E-state index in [9.17, 15) is 9.59 Å². The van der Waals surface area contributed by atoms with Crippen molar-refractivity contribution in [1.29, 1.82) is 0 Å². The number of aryl methyl sites for hydroxylation is 2. The molecule has 1 aromatic heterocycles. The standard InChI is InChI=1S/C21H22N4O2S/c1-14-7-6-10-17(13-14)23-20(27)21-25-24-19(28-21)12-11-18(26)22-15(2)16-8-4-3-5-9-16/h3-10,13,15H,11-12H2,1-2H3,(H,22,26)(H,23,27)/t15-/m0/s1. The van der Waals surface area contributed by atoms with E-state index >= 15 is 0 Å². The van der Waals surface area contributed by atoms with Gasteiger partial charge in [-0.25, -0.2) is 0 Å². The molecular formula is C21H22N4O2S. The van der Waals surface area contributed by atoms with Gasteiger partial charge < -0.3 is 10.6 Å². The van der Waals surface area contributed by atoms with Crippen LogP contribution in [0.1, 0.15) is 45.3 Å². The third-order valence-corrected chi connectivity index (χ3v) is 5.16. The average Bonchev–Trinajstić information content (AvgIpc) is 3.16. The molecule has 7 heteroatoms. The molecule has 0 saturated carbocycles. The average molecular weight is 395 g/mol. The van der Waals surface area contributed by atoms with Crippen LogP contribution in [0.2, 0.25) is 0 Å². The van der Waals surface area contributed by atoms with Crippen LogP contribution in [0, 0.1) is 6.92 Å². The van der Waals surface area contributed by atoms with E-state index in [1.54, 1.807) is 0 Å². The van der Waals surface area contributed by atoms with Crippen LogP contribution in [0.3, 0.4) is 0 Å². The van der Waals surface area contributed by atoms with E-state index in [1.807, 2.05) is 68.4 Å². The number of carbonyl (C=O) groups excluding carboxylic acids is 2. The van der Waals surface area contributed by atoms with Crippen molar-refractivity contribution in [3.8, 4) is 0 Å². The summed E-state index contributed by atoms with van der Waals surface area (Å²) in [6.45, 7) is 3.91. The van der Waals surface area contributed by atoms with E-state index in [1.165, 1.54) is 11.3 Å². The summed E-state index contributed by atoms with van der Waals surface area (Å²) in [5.74, 6) is -0.353. The van der Waals surface area contributed by atoms with Crippen molar-refractivity contribution in [2.75, 3.05) is 5.32 Å².